The molecule has 0 bridgehead atoms. The summed E-state index contributed by atoms with van der Waals surface area (Å²) in [4.78, 5) is 0. The summed E-state index contributed by atoms with van der Waals surface area (Å²) in [6.45, 7) is 2.78. The standard InChI is InChI=1S/C11H14FO.BrH.Mg/c1-2-3-4-8-13-11-7-5-6-10(12)9-11;;/h5-6,9H,2-4,8H2,1H3;1H;/q-1;;+2/p-1. The van der Waals surface area contributed by atoms with Gasteiger partial charge in [0, 0.05) is 11.6 Å². The van der Waals surface area contributed by atoms with Crippen LogP contribution in [0.3, 0.4) is 0 Å². The van der Waals surface area contributed by atoms with Crippen LogP contribution in [0, 0.1) is 11.9 Å². The molecule has 15 heavy (non-hydrogen) atoms. The zero-order chi connectivity index (χ0) is 9.52. The molecule has 0 heterocycles. The van der Waals surface area contributed by atoms with Crippen LogP contribution in [-0.4, -0.2) is 29.7 Å². The third-order valence-corrected chi connectivity index (χ3v) is 1.74. The maximum atomic E-state index is 12.6. The molecule has 0 aliphatic carbocycles. The minimum absolute atomic E-state index is 0. The molecule has 0 aromatic heterocycles. The van der Waals surface area contributed by atoms with Crippen LogP contribution >= 0.6 is 0 Å². The summed E-state index contributed by atoms with van der Waals surface area (Å²) in [7, 11) is 0. The van der Waals surface area contributed by atoms with Gasteiger partial charge in [0.1, 0.15) is 0 Å². The van der Waals surface area contributed by atoms with Crippen LogP contribution in [-0.2, 0) is 0 Å². The molecular weight excluding hydrogens is 271 g/mol. The van der Waals surface area contributed by atoms with E-state index in [-0.39, 0.29) is 45.9 Å². The Kier molecular flexibility index (Phi) is 12.6. The minimum atomic E-state index is -0.274. The molecular formula is C11H14BrFMgO. The Morgan fingerprint density at radius 1 is 1.40 bits per heavy atom. The van der Waals surface area contributed by atoms with Crippen LogP contribution in [0.5, 0.6) is 5.75 Å². The molecule has 0 fully saturated rings. The molecule has 1 nitrogen and oxygen atoms in total. The summed E-state index contributed by atoms with van der Waals surface area (Å²) in [5.41, 5.74) is 0. The van der Waals surface area contributed by atoms with E-state index in [1.54, 1.807) is 0 Å². The predicted octanol–water partition coefficient (Wildman–Crippen LogP) is -0.182. The second kappa shape index (κ2) is 10.7. The first kappa shape index (κ1) is 17.6. The van der Waals surface area contributed by atoms with Crippen molar-refractivity contribution in [1.82, 2.24) is 0 Å². The van der Waals surface area contributed by atoms with Gasteiger partial charge in [-0.05, 0) is 6.42 Å². The maximum absolute atomic E-state index is 12.6. The van der Waals surface area contributed by atoms with Gasteiger partial charge in [0.15, 0.2) is 0 Å². The van der Waals surface area contributed by atoms with Crippen LogP contribution in [0.1, 0.15) is 26.2 Å². The Balaban J connectivity index is 0. The van der Waals surface area contributed by atoms with Gasteiger partial charge in [0.05, 0.1) is 6.61 Å². The molecule has 0 saturated carbocycles. The molecule has 4 heteroatoms. The first-order chi connectivity index (χ1) is 6.33. The van der Waals surface area contributed by atoms with E-state index in [0.29, 0.717) is 12.4 Å². The van der Waals surface area contributed by atoms with Crippen molar-refractivity contribution < 1.29 is 26.1 Å². The summed E-state index contributed by atoms with van der Waals surface area (Å²) in [6, 6.07) is 7.07. The molecule has 0 radical (unpaired) electrons. The van der Waals surface area contributed by atoms with Crippen LogP contribution < -0.4 is 21.7 Å². The molecule has 1 rings (SSSR count). The van der Waals surface area contributed by atoms with Gasteiger partial charge < -0.3 is 21.7 Å². The molecule has 0 aliphatic heterocycles. The molecule has 1 aromatic carbocycles. The van der Waals surface area contributed by atoms with Gasteiger partial charge in [0.25, 0.3) is 0 Å². The van der Waals surface area contributed by atoms with Gasteiger partial charge in [0.2, 0.25) is 0 Å². The largest absolute Gasteiger partial charge is 2.00 e. The first-order valence-corrected chi connectivity index (χ1v) is 4.63. The molecule has 80 valence electrons. The average molecular weight is 285 g/mol. The van der Waals surface area contributed by atoms with Crippen molar-refractivity contribution >= 4 is 23.1 Å². The summed E-state index contributed by atoms with van der Waals surface area (Å²) >= 11 is 0. The summed E-state index contributed by atoms with van der Waals surface area (Å²) in [5, 5.41) is 0. The number of unbranched alkanes of at least 4 members (excludes halogenated alkanes) is 2. The van der Waals surface area contributed by atoms with Crippen LogP contribution in [0.15, 0.2) is 18.2 Å². The van der Waals surface area contributed by atoms with Crippen LogP contribution in [0.25, 0.3) is 0 Å². The van der Waals surface area contributed by atoms with Crippen molar-refractivity contribution in [2.24, 2.45) is 0 Å². The normalized spacial score (nSPS) is 8.67. The summed E-state index contributed by atoms with van der Waals surface area (Å²) < 4.78 is 17.9. The van der Waals surface area contributed by atoms with Gasteiger partial charge in [-0.3, -0.25) is 0 Å². The number of hydrogen-bond donors (Lipinski definition) is 0. The number of halogens is 2. The quantitative estimate of drug-likeness (QED) is 0.414. The van der Waals surface area contributed by atoms with Crippen LogP contribution in [0.4, 0.5) is 4.39 Å². The predicted molar refractivity (Wildman–Crippen MR) is 56.0 cm³/mol. The molecule has 0 saturated heterocycles. The molecule has 0 N–H and O–H groups in total. The van der Waals surface area contributed by atoms with Crippen molar-refractivity contribution in [3.05, 3.63) is 30.1 Å². The van der Waals surface area contributed by atoms with E-state index in [1.165, 1.54) is 18.2 Å². The molecule has 0 unspecified atom stereocenters. The topological polar surface area (TPSA) is 9.23 Å². The Morgan fingerprint density at radius 3 is 2.73 bits per heavy atom. The van der Waals surface area contributed by atoms with E-state index < -0.39 is 0 Å². The van der Waals surface area contributed by atoms with E-state index in [0.717, 1.165) is 19.3 Å². The van der Waals surface area contributed by atoms with Crippen molar-refractivity contribution in [2.45, 2.75) is 26.2 Å². The van der Waals surface area contributed by atoms with Crippen molar-refractivity contribution in [3.63, 3.8) is 0 Å². The number of hydrogen-bond acceptors (Lipinski definition) is 1. The maximum Gasteiger partial charge on any atom is 2.00 e. The minimum Gasteiger partial charge on any atom is -1.00 e. The number of rotatable bonds is 5. The van der Waals surface area contributed by atoms with Gasteiger partial charge in [-0.2, -0.15) is 6.07 Å². The monoisotopic (exact) mass is 284 g/mol. The number of benzene rings is 1. The van der Waals surface area contributed by atoms with E-state index in [9.17, 15) is 4.39 Å². The van der Waals surface area contributed by atoms with Gasteiger partial charge >= 0.3 is 23.1 Å². The van der Waals surface area contributed by atoms with Crippen LogP contribution in [0.2, 0.25) is 0 Å². The van der Waals surface area contributed by atoms with Gasteiger partial charge in [-0.15, -0.1) is 12.1 Å². The second-order valence-corrected chi connectivity index (χ2v) is 2.93. The zero-order valence-corrected chi connectivity index (χ0v) is 11.9. The Hall–Kier alpha value is 0.196. The Bertz CT molecular complexity index is 258. The Morgan fingerprint density at radius 2 is 2.13 bits per heavy atom. The third kappa shape index (κ3) is 8.05. The van der Waals surface area contributed by atoms with Crippen molar-refractivity contribution in [3.8, 4) is 5.75 Å². The fourth-order valence-corrected chi connectivity index (χ4v) is 1.04. The smallest absolute Gasteiger partial charge is 1.00 e. The molecule has 0 atom stereocenters. The average Bonchev–Trinajstić information content (AvgIpc) is 2.13. The third-order valence-electron chi connectivity index (χ3n) is 1.74. The van der Waals surface area contributed by atoms with Gasteiger partial charge in [-0.1, -0.05) is 25.8 Å². The van der Waals surface area contributed by atoms with E-state index >= 15 is 0 Å². The zero-order valence-electron chi connectivity index (χ0n) is 8.93. The van der Waals surface area contributed by atoms with E-state index in [2.05, 4.69) is 13.0 Å². The van der Waals surface area contributed by atoms with Crippen molar-refractivity contribution in [1.29, 1.82) is 0 Å². The Labute approximate surface area is 117 Å². The summed E-state index contributed by atoms with van der Waals surface area (Å²) in [6.07, 6.45) is 3.33. The van der Waals surface area contributed by atoms with Crippen molar-refractivity contribution in [2.75, 3.05) is 6.61 Å². The van der Waals surface area contributed by atoms with E-state index in [4.69, 9.17) is 4.74 Å². The first-order valence-electron chi connectivity index (χ1n) is 4.63. The molecule has 1 aromatic rings. The van der Waals surface area contributed by atoms with Gasteiger partial charge in [-0.25, -0.2) is 4.39 Å². The second-order valence-electron chi connectivity index (χ2n) is 2.93. The summed E-state index contributed by atoms with van der Waals surface area (Å²) in [5.74, 6) is 0.223. The molecule has 0 amide bonds. The van der Waals surface area contributed by atoms with E-state index in [1.807, 2.05) is 0 Å². The molecule has 0 spiro atoms. The number of ether oxygens (including phenoxy) is 1. The SMILES string of the molecule is CCCCCOc1[c-]ccc(F)c1.[Br-].[Mg+2]. The fraction of sp³-hybridized carbons (Fsp3) is 0.455. The molecule has 0 aliphatic rings. The fourth-order valence-electron chi connectivity index (χ4n) is 1.04.